The Labute approximate surface area is 131 Å². The summed E-state index contributed by atoms with van der Waals surface area (Å²) >= 11 is 6.17. The van der Waals surface area contributed by atoms with E-state index >= 15 is 0 Å². The van der Waals surface area contributed by atoms with Gasteiger partial charge in [-0.1, -0.05) is 15.9 Å². The molecule has 20 heavy (non-hydrogen) atoms. The zero-order valence-electron chi connectivity index (χ0n) is 10.2. The Kier molecular flexibility index (Phi) is 4.55. The summed E-state index contributed by atoms with van der Waals surface area (Å²) in [5, 5.41) is 0. The van der Waals surface area contributed by atoms with E-state index in [2.05, 4.69) is 31.9 Å². The van der Waals surface area contributed by atoms with Crippen molar-refractivity contribution in [2.45, 2.75) is 0 Å². The van der Waals surface area contributed by atoms with Gasteiger partial charge < -0.3 is 4.74 Å². The van der Waals surface area contributed by atoms with Crippen molar-refractivity contribution < 1.29 is 18.3 Å². The highest BCUT2D eigenvalue weighted by molar-refractivity contribution is 9.10. The molecule has 0 aromatic heterocycles. The van der Waals surface area contributed by atoms with Gasteiger partial charge in [0.1, 0.15) is 11.6 Å². The Morgan fingerprint density at radius 1 is 1.15 bits per heavy atom. The Morgan fingerprint density at radius 3 is 2.50 bits per heavy atom. The third kappa shape index (κ3) is 2.76. The Bertz CT molecular complexity index is 687. The van der Waals surface area contributed by atoms with Gasteiger partial charge in [0.05, 0.1) is 22.7 Å². The largest absolute Gasteiger partial charge is 0.496 e. The van der Waals surface area contributed by atoms with Crippen LogP contribution in [0.3, 0.4) is 0 Å². The summed E-state index contributed by atoms with van der Waals surface area (Å²) in [5.74, 6) is -2.38. The summed E-state index contributed by atoms with van der Waals surface area (Å²) in [5.41, 5.74) is -0.522. The first kappa shape index (κ1) is 15.1. The van der Waals surface area contributed by atoms with Gasteiger partial charge in [0.15, 0.2) is 5.82 Å². The van der Waals surface area contributed by atoms with Gasteiger partial charge in [-0.05, 0) is 46.3 Å². The van der Waals surface area contributed by atoms with Crippen molar-refractivity contribution in [2.75, 3.05) is 7.11 Å². The molecule has 0 aliphatic rings. The first-order chi connectivity index (χ1) is 9.45. The minimum atomic E-state index is -0.931. The summed E-state index contributed by atoms with van der Waals surface area (Å²) in [6, 6.07) is 6.85. The molecule has 0 bridgehead atoms. The predicted octanol–water partition coefficient (Wildman–Crippen LogP) is 4.73. The van der Waals surface area contributed by atoms with Crippen LogP contribution in [0.1, 0.15) is 15.9 Å². The number of hydrogen-bond donors (Lipinski definition) is 0. The zero-order valence-corrected chi connectivity index (χ0v) is 13.4. The van der Waals surface area contributed by atoms with E-state index in [1.54, 1.807) is 12.1 Å². The van der Waals surface area contributed by atoms with Gasteiger partial charge in [0.25, 0.3) is 0 Å². The van der Waals surface area contributed by atoms with Crippen molar-refractivity contribution in [1.82, 2.24) is 0 Å². The van der Waals surface area contributed by atoms with E-state index in [-0.39, 0.29) is 15.8 Å². The average molecular weight is 406 g/mol. The highest BCUT2D eigenvalue weighted by Crippen LogP contribution is 2.29. The number of halogens is 4. The van der Waals surface area contributed by atoms with Crippen LogP contribution in [0, 0.1) is 11.6 Å². The molecule has 0 amide bonds. The summed E-state index contributed by atoms with van der Waals surface area (Å²) in [7, 11) is 1.38. The molecule has 104 valence electrons. The molecule has 0 spiro atoms. The third-order valence-electron chi connectivity index (χ3n) is 2.68. The number of carbonyl (C=O) groups is 1. The third-order valence-corrected chi connectivity index (χ3v) is 3.78. The molecule has 2 rings (SSSR count). The lowest BCUT2D eigenvalue weighted by molar-refractivity contribution is 0.102. The summed E-state index contributed by atoms with van der Waals surface area (Å²) in [6.07, 6.45) is 0. The average Bonchev–Trinajstić information content (AvgIpc) is 2.43. The van der Waals surface area contributed by atoms with Crippen molar-refractivity contribution in [3.05, 3.63) is 62.0 Å². The predicted molar refractivity (Wildman–Crippen MR) is 78.2 cm³/mol. The molecule has 0 heterocycles. The van der Waals surface area contributed by atoms with Gasteiger partial charge in [-0.3, -0.25) is 4.79 Å². The second-order valence-corrected chi connectivity index (χ2v) is 5.66. The molecule has 0 radical (unpaired) electrons. The zero-order chi connectivity index (χ0) is 14.9. The number of rotatable bonds is 3. The van der Waals surface area contributed by atoms with Crippen LogP contribution in [-0.4, -0.2) is 12.9 Å². The molecule has 0 aliphatic heterocycles. The fourth-order valence-electron chi connectivity index (χ4n) is 1.72. The number of benzene rings is 2. The molecule has 2 aromatic rings. The van der Waals surface area contributed by atoms with E-state index in [0.717, 1.165) is 6.07 Å². The maximum atomic E-state index is 14.0. The number of ketones is 1. The van der Waals surface area contributed by atoms with Gasteiger partial charge in [-0.25, -0.2) is 8.78 Å². The van der Waals surface area contributed by atoms with Crippen LogP contribution < -0.4 is 4.74 Å². The fraction of sp³-hybridized carbons (Fsp3) is 0.0714. The van der Waals surface area contributed by atoms with Crippen LogP contribution in [0.25, 0.3) is 0 Å². The van der Waals surface area contributed by atoms with Gasteiger partial charge in [-0.15, -0.1) is 0 Å². The number of hydrogen-bond acceptors (Lipinski definition) is 2. The molecular formula is C14H8Br2F2O2. The first-order valence-corrected chi connectivity index (χ1v) is 7.06. The van der Waals surface area contributed by atoms with Crippen molar-refractivity contribution in [3.8, 4) is 5.75 Å². The molecular weight excluding hydrogens is 398 g/mol. The van der Waals surface area contributed by atoms with E-state index in [0.29, 0.717) is 4.47 Å². The smallest absolute Gasteiger partial charge is 0.202 e. The minimum absolute atomic E-state index is 0.0262. The monoisotopic (exact) mass is 404 g/mol. The van der Waals surface area contributed by atoms with Gasteiger partial charge in [-0.2, -0.15) is 0 Å². The fourth-order valence-corrected chi connectivity index (χ4v) is 2.39. The van der Waals surface area contributed by atoms with Gasteiger partial charge in [0, 0.05) is 4.47 Å². The van der Waals surface area contributed by atoms with E-state index in [1.165, 1.54) is 19.2 Å². The van der Waals surface area contributed by atoms with Crippen LogP contribution in [0.15, 0.2) is 39.3 Å². The lowest BCUT2D eigenvalue weighted by Gasteiger charge is -2.10. The highest BCUT2D eigenvalue weighted by Gasteiger charge is 2.23. The van der Waals surface area contributed by atoms with E-state index in [4.69, 9.17) is 4.74 Å². The maximum Gasteiger partial charge on any atom is 0.202 e. The molecule has 0 aliphatic carbocycles. The molecule has 6 heteroatoms. The van der Waals surface area contributed by atoms with Gasteiger partial charge in [0.2, 0.25) is 5.78 Å². The molecule has 0 saturated carbocycles. The lowest BCUT2D eigenvalue weighted by Crippen LogP contribution is -2.09. The molecule has 2 aromatic carbocycles. The first-order valence-electron chi connectivity index (χ1n) is 5.47. The lowest BCUT2D eigenvalue weighted by atomic mass is 10.0. The van der Waals surface area contributed by atoms with Crippen molar-refractivity contribution in [3.63, 3.8) is 0 Å². The van der Waals surface area contributed by atoms with Gasteiger partial charge >= 0.3 is 0 Å². The quantitative estimate of drug-likeness (QED) is 0.545. The molecule has 2 nitrogen and oxygen atoms in total. The summed E-state index contributed by atoms with van der Waals surface area (Å²) < 4.78 is 33.5. The van der Waals surface area contributed by atoms with E-state index < -0.39 is 23.0 Å². The van der Waals surface area contributed by atoms with Crippen molar-refractivity contribution >= 4 is 37.6 Å². The molecule has 0 saturated heterocycles. The number of methoxy groups -OCH3 is 1. The van der Waals surface area contributed by atoms with E-state index in [1.807, 2.05) is 0 Å². The second kappa shape index (κ2) is 6.01. The maximum absolute atomic E-state index is 14.0. The Morgan fingerprint density at radius 2 is 1.85 bits per heavy atom. The number of carbonyl (C=O) groups excluding carboxylic acids is 1. The standard InChI is InChI=1S/C14H8Br2F2O2/c1-20-11-6-7(15)2-3-8(11)14(19)12-10(17)5-4-9(16)13(12)18/h2-6H,1H3. The topological polar surface area (TPSA) is 26.3 Å². The normalized spacial score (nSPS) is 10.4. The summed E-state index contributed by atoms with van der Waals surface area (Å²) in [6.45, 7) is 0. The number of ether oxygens (including phenoxy) is 1. The van der Waals surface area contributed by atoms with Crippen LogP contribution in [0.4, 0.5) is 8.78 Å². The Balaban J connectivity index is 2.61. The van der Waals surface area contributed by atoms with Crippen LogP contribution >= 0.6 is 31.9 Å². The molecule has 0 unspecified atom stereocenters. The van der Waals surface area contributed by atoms with Crippen molar-refractivity contribution in [1.29, 1.82) is 0 Å². The van der Waals surface area contributed by atoms with Crippen LogP contribution in [-0.2, 0) is 0 Å². The SMILES string of the molecule is COc1cc(Br)ccc1C(=O)c1c(F)ccc(Br)c1F. The van der Waals surface area contributed by atoms with Crippen LogP contribution in [0.5, 0.6) is 5.75 Å². The Hall–Kier alpha value is -1.27. The molecule has 0 atom stereocenters. The van der Waals surface area contributed by atoms with Crippen LogP contribution in [0.2, 0.25) is 0 Å². The molecule has 0 N–H and O–H groups in total. The minimum Gasteiger partial charge on any atom is -0.496 e. The van der Waals surface area contributed by atoms with Crippen molar-refractivity contribution in [2.24, 2.45) is 0 Å². The second-order valence-electron chi connectivity index (χ2n) is 3.89. The van der Waals surface area contributed by atoms with E-state index in [9.17, 15) is 13.6 Å². The highest BCUT2D eigenvalue weighted by atomic mass is 79.9. The summed E-state index contributed by atoms with van der Waals surface area (Å²) in [4.78, 5) is 12.3. The molecule has 0 fully saturated rings.